The summed E-state index contributed by atoms with van der Waals surface area (Å²) < 4.78 is 34.5. The molecule has 2 atom stereocenters. The van der Waals surface area contributed by atoms with Crippen LogP contribution < -0.4 is 0 Å². The first-order chi connectivity index (χ1) is 35.0. The average Bonchev–Trinajstić information content (AvgIpc) is 3.34. The van der Waals surface area contributed by atoms with Crippen molar-refractivity contribution in [2.75, 3.05) is 47.5 Å². The van der Waals surface area contributed by atoms with Gasteiger partial charge in [-0.05, 0) is 109 Å². The summed E-state index contributed by atoms with van der Waals surface area (Å²) in [7, 11) is 1.43. The SMILES string of the molecule is CC/C=C\C/C=C\C/C=C\C/C=C\C/C=C\C/C=C\CCCCCCC(=O)OC(COC(=O)CCCCCCCCCCC/C=C\C/C=C\C/C=C\C/C=C\C/C=C\CC)COP(=O)(O)OCC[N+](C)(C)C. The topological polar surface area (TPSA) is 108 Å². The molecule has 0 aliphatic heterocycles. The highest BCUT2D eigenvalue weighted by Crippen LogP contribution is 2.43. The van der Waals surface area contributed by atoms with Crippen molar-refractivity contribution in [3.8, 4) is 0 Å². The molecule has 0 aromatic rings. The number of hydrogen-bond acceptors (Lipinski definition) is 7. The second-order valence-corrected chi connectivity index (χ2v) is 20.7. The van der Waals surface area contributed by atoms with E-state index in [-0.39, 0.29) is 32.0 Å². The lowest BCUT2D eigenvalue weighted by molar-refractivity contribution is -0.870. The average molecular weight is 1020 g/mol. The quantitative estimate of drug-likeness (QED) is 0.0211. The van der Waals surface area contributed by atoms with E-state index >= 15 is 0 Å². The molecule has 0 saturated carbocycles. The third kappa shape index (κ3) is 55.5. The number of nitrogens with zero attached hydrogens (tertiary/aromatic N) is 1. The van der Waals surface area contributed by atoms with Crippen molar-refractivity contribution in [1.29, 1.82) is 0 Å². The highest BCUT2D eigenvalue weighted by molar-refractivity contribution is 7.47. The predicted octanol–water partition coefficient (Wildman–Crippen LogP) is 17.4. The minimum absolute atomic E-state index is 0.0171. The summed E-state index contributed by atoms with van der Waals surface area (Å²) >= 11 is 0. The minimum Gasteiger partial charge on any atom is -0.462 e. The number of phosphoric acid groups is 1. The molecule has 1 N–H and O–H groups in total. The highest BCUT2D eigenvalue weighted by Gasteiger charge is 2.27. The first kappa shape index (κ1) is 68.2. The van der Waals surface area contributed by atoms with Crippen molar-refractivity contribution in [2.45, 2.75) is 200 Å². The summed E-state index contributed by atoms with van der Waals surface area (Å²) in [6.07, 6.45) is 75.1. The lowest BCUT2D eigenvalue weighted by Crippen LogP contribution is -2.37. The molecule has 0 spiro atoms. The van der Waals surface area contributed by atoms with Crippen LogP contribution in [0.3, 0.4) is 0 Å². The van der Waals surface area contributed by atoms with Crippen molar-refractivity contribution in [3.05, 3.63) is 134 Å². The number of phosphoric ester groups is 1. The van der Waals surface area contributed by atoms with Gasteiger partial charge in [0.15, 0.2) is 6.10 Å². The maximum atomic E-state index is 12.8. The normalized spacial score (nSPS) is 14.4. The van der Waals surface area contributed by atoms with Gasteiger partial charge in [-0.2, -0.15) is 0 Å². The van der Waals surface area contributed by atoms with Crippen LogP contribution >= 0.6 is 7.82 Å². The minimum atomic E-state index is -4.40. The Kier molecular flexibility index (Phi) is 49.2. The number of ether oxygens (including phenoxy) is 2. The van der Waals surface area contributed by atoms with Gasteiger partial charge in [0.2, 0.25) is 0 Å². The van der Waals surface area contributed by atoms with E-state index in [1.54, 1.807) is 0 Å². The van der Waals surface area contributed by atoms with E-state index < -0.39 is 26.5 Å². The third-order valence-corrected chi connectivity index (χ3v) is 12.2. The Balaban J connectivity index is 4.30. The van der Waals surface area contributed by atoms with Crippen molar-refractivity contribution >= 4 is 19.8 Å². The Labute approximate surface area is 441 Å². The molecule has 408 valence electrons. The second kappa shape index (κ2) is 52.0. The standard InChI is InChI=1S/C62H102NO8P/c1-6-8-10-12-14-16-18-20-22-24-26-28-30-31-33-34-36-38-40-42-44-46-48-50-52-54-61(64)68-58-60(59-70-72(66,67)69-57-56-63(3,4)5)71-62(65)55-53-51-49-47-45-43-41-39-37-35-32-29-27-25-23-21-19-17-15-13-11-9-7-2/h8-11,14-17,20-23,26-29,31,33,35,37,41,43,60H,6-7,12-13,18-19,24-25,30,32,34,36,38-40,42,44-59H2,1-5H3/p+1/b10-8-,11-9-,16-14-,17-15-,22-20-,23-21-,28-26-,29-27-,33-31-,37-35-,43-41-. The number of likely N-dealkylation sites (N-methyl/N-ethyl adjacent to an activating group) is 1. The van der Waals surface area contributed by atoms with Gasteiger partial charge in [0, 0.05) is 12.8 Å². The van der Waals surface area contributed by atoms with E-state index in [1.807, 2.05) is 21.1 Å². The number of quaternary nitrogens is 1. The maximum absolute atomic E-state index is 12.8. The Morgan fingerprint density at radius 3 is 1.11 bits per heavy atom. The van der Waals surface area contributed by atoms with Gasteiger partial charge in [-0.1, -0.05) is 205 Å². The molecule has 0 bridgehead atoms. The summed E-state index contributed by atoms with van der Waals surface area (Å²) in [4.78, 5) is 35.7. The van der Waals surface area contributed by atoms with Crippen LogP contribution in [0.5, 0.6) is 0 Å². The monoisotopic (exact) mass is 1020 g/mol. The van der Waals surface area contributed by atoms with Crippen molar-refractivity contribution in [3.63, 3.8) is 0 Å². The van der Waals surface area contributed by atoms with Crippen LogP contribution in [-0.4, -0.2) is 74.9 Å². The Hall–Kier alpha value is -3.85. The molecular formula is C62H103NO8P+. The van der Waals surface area contributed by atoms with E-state index in [2.05, 4.69) is 148 Å². The van der Waals surface area contributed by atoms with Gasteiger partial charge in [0.05, 0.1) is 27.7 Å². The lowest BCUT2D eigenvalue weighted by atomic mass is 10.1. The molecule has 0 aliphatic rings. The molecule has 0 rings (SSSR count). The number of esters is 2. The van der Waals surface area contributed by atoms with Crippen molar-refractivity contribution in [1.82, 2.24) is 0 Å². The van der Waals surface area contributed by atoms with Crippen LogP contribution in [0.1, 0.15) is 194 Å². The van der Waals surface area contributed by atoms with E-state index in [0.29, 0.717) is 17.4 Å². The number of unbranched alkanes of at least 4 members (excludes halogenated alkanes) is 13. The fraction of sp³-hybridized carbons (Fsp3) is 0.613. The van der Waals surface area contributed by atoms with Gasteiger partial charge < -0.3 is 18.9 Å². The van der Waals surface area contributed by atoms with Crippen molar-refractivity contribution < 1.29 is 42.1 Å². The van der Waals surface area contributed by atoms with E-state index in [4.69, 9.17) is 18.5 Å². The molecule has 0 amide bonds. The van der Waals surface area contributed by atoms with Gasteiger partial charge in [0.25, 0.3) is 0 Å². The molecule has 2 unspecified atom stereocenters. The molecule has 9 nitrogen and oxygen atoms in total. The summed E-state index contributed by atoms with van der Waals surface area (Å²) in [5.41, 5.74) is 0. The molecule has 0 saturated heterocycles. The van der Waals surface area contributed by atoms with Gasteiger partial charge in [-0.15, -0.1) is 0 Å². The first-order valence-electron chi connectivity index (χ1n) is 27.9. The molecular weight excluding hydrogens is 918 g/mol. The summed E-state index contributed by atoms with van der Waals surface area (Å²) in [6, 6.07) is 0. The summed E-state index contributed by atoms with van der Waals surface area (Å²) in [5, 5.41) is 0. The fourth-order valence-corrected chi connectivity index (χ4v) is 7.67. The first-order valence-corrected chi connectivity index (χ1v) is 29.4. The molecule has 72 heavy (non-hydrogen) atoms. The number of carbonyl (C=O) groups is 2. The van der Waals surface area contributed by atoms with E-state index in [0.717, 1.165) is 128 Å². The van der Waals surface area contributed by atoms with E-state index in [1.165, 1.54) is 32.1 Å². The number of rotatable bonds is 49. The number of hydrogen-bond donors (Lipinski definition) is 1. The summed E-state index contributed by atoms with van der Waals surface area (Å²) in [5.74, 6) is -0.845. The second-order valence-electron chi connectivity index (χ2n) is 19.2. The molecule has 0 aromatic carbocycles. The van der Waals surface area contributed by atoms with Crippen LogP contribution in [0, 0.1) is 0 Å². The number of carbonyl (C=O) groups excluding carboxylic acids is 2. The zero-order chi connectivity index (χ0) is 52.7. The number of allylic oxidation sites excluding steroid dienone is 22. The Morgan fingerprint density at radius 2 is 0.750 bits per heavy atom. The van der Waals surface area contributed by atoms with E-state index in [9.17, 15) is 19.0 Å². The summed E-state index contributed by atoms with van der Waals surface area (Å²) in [6.45, 7) is 4.14. The van der Waals surface area contributed by atoms with Crippen LogP contribution in [0.25, 0.3) is 0 Å². The van der Waals surface area contributed by atoms with Crippen molar-refractivity contribution in [2.24, 2.45) is 0 Å². The van der Waals surface area contributed by atoms with Gasteiger partial charge in [-0.25, -0.2) is 4.57 Å². The predicted molar refractivity (Wildman–Crippen MR) is 307 cm³/mol. The van der Waals surface area contributed by atoms with Crippen LogP contribution in [0.15, 0.2) is 134 Å². The van der Waals surface area contributed by atoms with Gasteiger partial charge >= 0.3 is 19.8 Å². The molecule has 10 heteroatoms. The van der Waals surface area contributed by atoms with Gasteiger partial charge in [0.1, 0.15) is 19.8 Å². The van der Waals surface area contributed by atoms with Crippen LogP contribution in [0.4, 0.5) is 0 Å². The highest BCUT2D eigenvalue weighted by atomic mass is 31.2. The Morgan fingerprint density at radius 1 is 0.431 bits per heavy atom. The largest absolute Gasteiger partial charge is 0.472 e. The molecule has 0 radical (unpaired) electrons. The zero-order valence-corrected chi connectivity index (χ0v) is 47.0. The Bertz CT molecular complexity index is 1670. The molecule has 0 aliphatic carbocycles. The van der Waals surface area contributed by atoms with Gasteiger partial charge in [-0.3, -0.25) is 18.6 Å². The fourth-order valence-electron chi connectivity index (χ4n) is 6.93. The maximum Gasteiger partial charge on any atom is 0.472 e. The zero-order valence-electron chi connectivity index (χ0n) is 46.1. The smallest absolute Gasteiger partial charge is 0.462 e. The lowest BCUT2D eigenvalue weighted by Gasteiger charge is -2.24. The molecule has 0 fully saturated rings. The van der Waals surface area contributed by atoms with Crippen LogP contribution in [-0.2, 0) is 32.7 Å². The third-order valence-electron chi connectivity index (χ3n) is 11.2. The van der Waals surface area contributed by atoms with Crippen LogP contribution in [0.2, 0.25) is 0 Å². The molecule has 0 aromatic heterocycles. The molecule has 0 heterocycles.